The fourth-order valence-corrected chi connectivity index (χ4v) is 7.80. The normalized spacial score (nSPS) is 18.5. The Labute approximate surface area is 212 Å². The topological polar surface area (TPSA) is 118 Å². The van der Waals surface area contributed by atoms with Crippen molar-refractivity contribution < 1.29 is 35.2 Å². The quantitative estimate of drug-likeness (QED) is 0.503. The molecule has 2 unspecified atom stereocenters. The smallest absolute Gasteiger partial charge is 0.221 e. The Kier molecular flexibility index (Phi) is 7.16. The van der Waals surface area contributed by atoms with Gasteiger partial charge in [-0.2, -0.15) is 0 Å². The number of nitrogens with zero attached hydrogens (tertiary/aromatic N) is 1. The first-order valence-electron chi connectivity index (χ1n) is 11.1. The standard InChI is InChI=1S/C25H22F2N2O6S2/c1-16(30)28-17-10-12-18(13-11-17)29-14-23(36(32,33)21-8-4-2-6-19(21)26)25(31)24(15-29)37(34,35)22-9-5-3-7-20(22)27/h2-13,23-24H,14-15H2,1H3,(H,28,30). The SMILES string of the molecule is CC(=O)Nc1ccc(N2CC(S(=O)(=O)c3ccccc3F)C(=O)C(S(=O)(=O)c3ccccc3F)C2)cc1. The van der Waals surface area contributed by atoms with Crippen LogP contribution in [0.5, 0.6) is 0 Å². The first-order valence-corrected chi connectivity index (χ1v) is 14.2. The maximum atomic E-state index is 14.5. The summed E-state index contributed by atoms with van der Waals surface area (Å²) in [6.45, 7) is 0.400. The summed E-state index contributed by atoms with van der Waals surface area (Å²) in [5.41, 5.74) is 0.791. The van der Waals surface area contributed by atoms with Crippen LogP contribution in [0.2, 0.25) is 0 Å². The Morgan fingerprint density at radius 3 is 1.62 bits per heavy atom. The zero-order valence-corrected chi connectivity index (χ0v) is 21.1. The van der Waals surface area contributed by atoms with Crippen LogP contribution in [0.3, 0.4) is 0 Å². The van der Waals surface area contributed by atoms with Crippen molar-refractivity contribution in [2.75, 3.05) is 23.3 Å². The van der Waals surface area contributed by atoms with Gasteiger partial charge >= 0.3 is 0 Å². The van der Waals surface area contributed by atoms with Gasteiger partial charge in [0.25, 0.3) is 0 Å². The Balaban J connectivity index is 1.81. The second-order valence-electron chi connectivity index (χ2n) is 8.46. The van der Waals surface area contributed by atoms with Gasteiger partial charge in [0.05, 0.1) is 0 Å². The highest BCUT2D eigenvalue weighted by Gasteiger charge is 2.49. The lowest BCUT2D eigenvalue weighted by molar-refractivity contribution is -0.118. The summed E-state index contributed by atoms with van der Waals surface area (Å²) in [7, 11) is -9.35. The molecule has 0 radical (unpaired) electrons. The summed E-state index contributed by atoms with van der Waals surface area (Å²) < 4.78 is 82.7. The number of Topliss-reactive ketones (excluding diaryl/α,β-unsaturated/α-hetero) is 1. The van der Waals surface area contributed by atoms with Crippen LogP contribution < -0.4 is 10.2 Å². The highest BCUT2D eigenvalue weighted by atomic mass is 32.2. The molecule has 0 spiro atoms. The minimum Gasteiger partial charge on any atom is -0.368 e. The van der Waals surface area contributed by atoms with Crippen molar-refractivity contribution in [3.8, 4) is 0 Å². The summed E-state index contributed by atoms with van der Waals surface area (Å²) in [5.74, 6) is -3.65. The number of carbonyl (C=O) groups excluding carboxylic acids is 2. The second-order valence-corrected chi connectivity index (χ2v) is 12.7. The lowest BCUT2D eigenvalue weighted by Crippen LogP contribution is -2.58. The molecule has 1 aliphatic heterocycles. The van der Waals surface area contributed by atoms with Gasteiger partial charge in [0.2, 0.25) is 5.91 Å². The number of piperidine rings is 1. The van der Waals surface area contributed by atoms with E-state index in [9.17, 15) is 35.2 Å². The van der Waals surface area contributed by atoms with E-state index in [-0.39, 0.29) is 5.91 Å². The predicted molar refractivity (Wildman–Crippen MR) is 133 cm³/mol. The van der Waals surface area contributed by atoms with E-state index < -0.39 is 70.5 Å². The molecular formula is C25H22F2N2O6S2. The van der Waals surface area contributed by atoms with Crippen molar-refractivity contribution in [2.45, 2.75) is 27.2 Å². The summed E-state index contributed by atoms with van der Waals surface area (Å²) >= 11 is 0. The number of benzene rings is 3. The number of amides is 1. The van der Waals surface area contributed by atoms with Crippen LogP contribution >= 0.6 is 0 Å². The molecule has 2 atom stereocenters. The van der Waals surface area contributed by atoms with Gasteiger partial charge < -0.3 is 10.2 Å². The van der Waals surface area contributed by atoms with Crippen molar-refractivity contribution in [3.63, 3.8) is 0 Å². The largest absolute Gasteiger partial charge is 0.368 e. The third-order valence-corrected chi connectivity index (χ3v) is 10.1. The molecule has 12 heteroatoms. The number of halogens is 2. The molecule has 0 aliphatic carbocycles. The number of rotatable bonds is 6. The molecule has 1 saturated heterocycles. The van der Waals surface area contributed by atoms with E-state index in [1.807, 2.05) is 0 Å². The molecule has 3 aromatic carbocycles. The van der Waals surface area contributed by atoms with Gasteiger partial charge in [-0.15, -0.1) is 0 Å². The number of hydrogen-bond acceptors (Lipinski definition) is 7. The number of hydrogen-bond donors (Lipinski definition) is 1. The molecule has 1 heterocycles. The Bertz CT molecular complexity index is 1490. The van der Waals surface area contributed by atoms with Crippen LogP contribution in [0, 0.1) is 11.6 Å². The number of nitrogens with one attached hydrogen (secondary N) is 1. The van der Waals surface area contributed by atoms with Crippen LogP contribution in [-0.4, -0.2) is 52.1 Å². The first-order chi connectivity index (χ1) is 17.4. The summed E-state index contributed by atoms with van der Waals surface area (Å²) in [6.07, 6.45) is 0. The van der Waals surface area contributed by atoms with Gasteiger partial charge in [0.1, 0.15) is 31.9 Å². The first kappa shape index (κ1) is 26.4. The van der Waals surface area contributed by atoms with Crippen LogP contribution in [0.1, 0.15) is 6.92 Å². The van der Waals surface area contributed by atoms with E-state index in [1.54, 1.807) is 0 Å². The van der Waals surface area contributed by atoms with Gasteiger partial charge in [-0.3, -0.25) is 9.59 Å². The molecule has 0 saturated carbocycles. The monoisotopic (exact) mass is 548 g/mol. The van der Waals surface area contributed by atoms with E-state index >= 15 is 0 Å². The van der Waals surface area contributed by atoms with Gasteiger partial charge in [-0.05, 0) is 48.5 Å². The van der Waals surface area contributed by atoms with E-state index in [0.29, 0.717) is 11.4 Å². The van der Waals surface area contributed by atoms with Gasteiger partial charge in [-0.1, -0.05) is 24.3 Å². The molecular weight excluding hydrogens is 526 g/mol. The van der Waals surface area contributed by atoms with E-state index in [4.69, 9.17) is 0 Å². The van der Waals surface area contributed by atoms with Crippen molar-refractivity contribution in [2.24, 2.45) is 0 Å². The van der Waals surface area contributed by atoms with Crippen LogP contribution in [-0.2, 0) is 29.3 Å². The van der Waals surface area contributed by atoms with Crippen LogP contribution in [0.4, 0.5) is 20.2 Å². The second kappa shape index (κ2) is 10.0. The number of ketones is 1. The highest BCUT2D eigenvalue weighted by Crippen LogP contribution is 2.32. The number of sulfone groups is 2. The fourth-order valence-electron chi connectivity index (χ4n) is 4.19. The minimum absolute atomic E-state index is 0.316. The third kappa shape index (κ3) is 5.12. The molecule has 194 valence electrons. The number of carbonyl (C=O) groups is 2. The van der Waals surface area contributed by atoms with E-state index in [0.717, 1.165) is 24.3 Å². The zero-order valence-electron chi connectivity index (χ0n) is 19.5. The predicted octanol–water partition coefficient (Wildman–Crippen LogP) is 3.00. The van der Waals surface area contributed by atoms with Gasteiger partial charge in [0.15, 0.2) is 25.5 Å². The molecule has 3 aromatic rings. The van der Waals surface area contributed by atoms with Crippen molar-refractivity contribution in [1.29, 1.82) is 0 Å². The van der Waals surface area contributed by atoms with Crippen molar-refractivity contribution >= 4 is 42.7 Å². The molecule has 0 aromatic heterocycles. The number of anilines is 2. The summed E-state index contributed by atoms with van der Waals surface area (Å²) in [6, 6.07) is 15.1. The van der Waals surface area contributed by atoms with Crippen molar-refractivity contribution in [3.05, 3.63) is 84.4 Å². The average molecular weight is 549 g/mol. The van der Waals surface area contributed by atoms with Crippen molar-refractivity contribution in [1.82, 2.24) is 0 Å². The Morgan fingerprint density at radius 1 is 0.784 bits per heavy atom. The lowest BCUT2D eigenvalue weighted by Gasteiger charge is -2.37. The molecule has 1 amide bonds. The maximum Gasteiger partial charge on any atom is 0.221 e. The third-order valence-electron chi connectivity index (χ3n) is 6.00. The van der Waals surface area contributed by atoms with E-state index in [1.165, 1.54) is 60.4 Å². The molecule has 37 heavy (non-hydrogen) atoms. The molecule has 1 aliphatic rings. The van der Waals surface area contributed by atoms with E-state index in [2.05, 4.69) is 5.32 Å². The van der Waals surface area contributed by atoms with Crippen LogP contribution in [0.15, 0.2) is 82.6 Å². The van der Waals surface area contributed by atoms with Gasteiger partial charge in [-0.25, -0.2) is 25.6 Å². The summed E-state index contributed by atoms with van der Waals surface area (Å²) in [5, 5.41) is -1.31. The van der Waals surface area contributed by atoms with Gasteiger partial charge in [0, 0.05) is 31.4 Å². The highest BCUT2D eigenvalue weighted by molar-refractivity contribution is 7.94. The fraction of sp³-hybridized carbons (Fsp3) is 0.200. The Morgan fingerprint density at radius 2 is 1.22 bits per heavy atom. The Hall–Kier alpha value is -3.64. The molecule has 8 nitrogen and oxygen atoms in total. The molecule has 1 fully saturated rings. The minimum atomic E-state index is -4.67. The summed E-state index contributed by atoms with van der Waals surface area (Å²) in [4.78, 5) is 24.7. The van der Waals surface area contributed by atoms with Crippen LogP contribution in [0.25, 0.3) is 0 Å². The maximum absolute atomic E-state index is 14.5. The average Bonchev–Trinajstić information content (AvgIpc) is 2.84. The molecule has 0 bridgehead atoms. The molecule has 4 rings (SSSR count). The zero-order chi connectivity index (χ0) is 27.0. The molecule has 1 N–H and O–H groups in total. The lowest BCUT2D eigenvalue weighted by atomic mass is 10.1.